The van der Waals surface area contributed by atoms with E-state index in [2.05, 4.69) is 16.1 Å². The molecule has 5 heteroatoms. The van der Waals surface area contributed by atoms with Crippen LogP contribution in [-0.2, 0) is 14.3 Å². The van der Waals surface area contributed by atoms with Gasteiger partial charge in [0.25, 0.3) is 6.47 Å². The molecular weight excluding hydrogens is 232 g/mol. The lowest BCUT2D eigenvalue weighted by Gasteiger charge is -2.29. The molecule has 0 aliphatic carbocycles. The second-order valence-electron chi connectivity index (χ2n) is 5.39. The van der Waals surface area contributed by atoms with Crippen molar-refractivity contribution in [1.29, 1.82) is 5.26 Å². The molecule has 5 nitrogen and oxygen atoms in total. The predicted molar refractivity (Wildman–Crippen MR) is 67.7 cm³/mol. The van der Waals surface area contributed by atoms with Crippen molar-refractivity contribution >= 4 is 12.8 Å². The number of hydrogen-bond donors (Lipinski definition) is 1. The smallest absolute Gasteiger partial charge is 0.293 e. The van der Waals surface area contributed by atoms with Crippen LogP contribution < -0.4 is 5.32 Å². The van der Waals surface area contributed by atoms with Gasteiger partial charge >= 0.3 is 0 Å². The summed E-state index contributed by atoms with van der Waals surface area (Å²) in [5.74, 6) is 0. The molecule has 1 aliphatic rings. The zero-order valence-electron chi connectivity index (χ0n) is 11.4. The van der Waals surface area contributed by atoms with Crippen LogP contribution in [0.2, 0.25) is 0 Å². The van der Waals surface area contributed by atoms with E-state index in [9.17, 15) is 9.59 Å². The number of carbonyl (C=O) groups excluding carboxylic acids is 2. The van der Waals surface area contributed by atoms with Gasteiger partial charge in [-0.15, -0.1) is 0 Å². The summed E-state index contributed by atoms with van der Waals surface area (Å²) in [5, 5.41) is 11.6. The Balaban J connectivity index is 0.000000360. The lowest BCUT2D eigenvalue weighted by molar-refractivity contribution is -0.138. The van der Waals surface area contributed by atoms with Gasteiger partial charge in [-0.05, 0) is 46.7 Å². The third-order valence-corrected chi connectivity index (χ3v) is 2.68. The van der Waals surface area contributed by atoms with E-state index in [-0.39, 0.29) is 11.0 Å². The third-order valence-electron chi connectivity index (χ3n) is 2.68. The van der Waals surface area contributed by atoms with Gasteiger partial charge in [-0.2, -0.15) is 5.26 Å². The summed E-state index contributed by atoms with van der Waals surface area (Å²) in [7, 11) is 0. The number of nitriles is 1. The average molecular weight is 254 g/mol. The SMILES string of the molecule is CC(C)(C)OC=O.N#CCC1(C=O)CCNCC1. The maximum atomic E-state index is 10.7. The standard InChI is InChI=1S/C8H12N2O.C5H10O2/c9-4-1-8(7-11)2-5-10-6-3-8;1-5(2,3)7-4-6/h7,10H,1-3,5-6H2;4H,1-3H3. The Morgan fingerprint density at radius 2 is 1.89 bits per heavy atom. The van der Waals surface area contributed by atoms with Gasteiger partial charge in [0.05, 0.1) is 6.07 Å². The van der Waals surface area contributed by atoms with Gasteiger partial charge in [0.2, 0.25) is 0 Å². The van der Waals surface area contributed by atoms with Crippen LogP contribution >= 0.6 is 0 Å². The van der Waals surface area contributed by atoms with E-state index in [1.165, 1.54) is 0 Å². The van der Waals surface area contributed by atoms with Gasteiger partial charge in [-0.1, -0.05) is 0 Å². The largest absolute Gasteiger partial charge is 0.462 e. The third kappa shape index (κ3) is 7.02. The van der Waals surface area contributed by atoms with Crippen LogP contribution in [-0.4, -0.2) is 31.4 Å². The number of nitrogens with one attached hydrogen (secondary N) is 1. The van der Waals surface area contributed by atoms with E-state index in [1.807, 2.05) is 20.8 Å². The highest BCUT2D eigenvalue weighted by Gasteiger charge is 2.31. The minimum atomic E-state index is -0.333. The van der Waals surface area contributed by atoms with E-state index in [0.717, 1.165) is 32.2 Å². The summed E-state index contributed by atoms with van der Waals surface area (Å²) in [5.41, 5.74) is -0.651. The molecule has 1 N–H and O–H groups in total. The van der Waals surface area contributed by atoms with Gasteiger partial charge in [0, 0.05) is 11.8 Å². The number of piperidine rings is 1. The second kappa shape index (κ2) is 7.83. The number of nitrogens with zero attached hydrogens (tertiary/aromatic N) is 1. The first-order valence-corrected chi connectivity index (χ1v) is 6.04. The molecule has 102 valence electrons. The molecule has 0 aromatic heterocycles. The summed E-state index contributed by atoms with van der Waals surface area (Å²) in [6.45, 7) is 7.64. The fourth-order valence-electron chi connectivity index (χ4n) is 1.56. The van der Waals surface area contributed by atoms with Crippen LogP contribution in [0, 0.1) is 16.7 Å². The maximum Gasteiger partial charge on any atom is 0.293 e. The predicted octanol–water partition coefficient (Wildman–Crippen LogP) is 1.43. The van der Waals surface area contributed by atoms with Crippen LogP contribution in [0.25, 0.3) is 0 Å². The zero-order chi connectivity index (χ0) is 14.1. The van der Waals surface area contributed by atoms with E-state index >= 15 is 0 Å². The topological polar surface area (TPSA) is 79.2 Å². The molecule has 0 aromatic carbocycles. The Labute approximate surface area is 108 Å². The summed E-state index contributed by atoms with van der Waals surface area (Å²) in [6, 6.07) is 2.07. The molecule has 0 atom stereocenters. The molecule has 1 aliphatic heterocycles. The molecule has 0 amide bonds. The van der Waals surface area contributed by atoms with Crippen LogP contribution in [0.15, 0.2) is 0 Å². The van der Waals surface area contributed by atoms with Crippen LogP contribution in [0.4, 0.5) is 0 Å². The average Bonchev–Trinajstić information content (AvgIpc) is 2.30. The Hall–Kier alpha value is -1.41. The van der Waals surface area contributed by atoms with E-state index in [0.29, 0.717) is 12.9 Å². The van der Waals surface area contributed by atoms with Crippen molar-refractivity contribution in [2.45, 2.75) is 45.6 Å². The molecule has 0 saturated carbocycles. The zero-order valence-corrected chi connectivity index (χ0v) is 11.4. The molecule has 0 spiro atoms. The first-order chi connectivity index (χ1) is 8.39. The minimum Gasteiger partial charge on any atom is -0.462 e. The van der Waals surface area contributed by atoms with Crippen molar-refractivity contribution < 1.29 is 14.3 Å². The van der Waals surface area contributed by atoms with Crippen LogP contribution in [0.1, 0.15) is 40.0 Å². The van der Waals surface area contributed by atoms with Crippen LogP contribution in [0.3, 0.4) is 0 Å². The summed E-state index contributed by atoms with van der Waals surface area (Å²) >= 11 is 0. The summed E-state index contributed by atoms with van der Waals surface area (Å²) in [4.78, 5) is 20.3. The highest BCUT2D eigenvalue weighted by Crippen LogP contribution is 2.29. The molecule has 1 fully saturated rings. The van der Waals surface area contributed by atoms with Crippen molar-refractivity contribution in [2.75, 3.05) is 13.1 Å². The van der Waals surface area contributed by atoms with Crippen molar-refractivity contribution in [3.63, 3.8) is 0 Å². The Morgan fingerprint density at radius 3 is 2.17 bits per heavy atom. The van der Waals surface area contributed by atoms with E-state index in [4.69, 9.17) is 5.26 Å². The van der Waals surface area contributed by atoms with Gasteiger partial charge in [0.1, 0.15) is 11.9 Å². The van der Waals surface area contributed by atoms with Gasteiger partial charge in [-0.25, -0.2) is 0 Å². The van der Waals surface area contributed by atoms with E-state index < -0.39 is 0 Å². The van der Waals surface area contributed by atoms with Crippen molar-refractivity contribution in [1.82, 2.24) is 5.32 Å². The summed E-state index contributed by atoms with van der Waals surface area (Å²) in [6.07, 6.45) is 2.95. The van der Waals surface area contributed by atoms with Crippen molar-refractivity contribution in [3.05, 3.63) is 0 Å². The number of aldehydes is 1. The highest BCUT2D eigenvalue weighted by molar-refractivity contribution is 5.60. The Morgan fingerprint density at radius 1 is 1.33 bits per heavy atom. The maximum absolute atomic E-state index is 10.7. The first kappa shape index (κ1) is 16.6. The first-order valence-electron chi connectivity index (χ1n) is 6.04. The van der Waals surface area contributed by atoms with Gasteiger partial charge in [0.15, 0.2) is 0 Å². The number of carbonyl (C=O) groups is 2. The molecule has 0 bridgehead atoms. The van der Waals surface area contributed by atoms with Crippen molar-refractivity contribution in [2.24, 2.45) is 5.41 Å². The highest BCUT2D eigenvalue weighted by atomic mass is 16.5. The lowest BCUT2D eigenvalue weighted by Crippen LogP contribution is -2.37. The fraction of sp³-hybridized carbons (Fsp3) is 0.769. The van der Waals surface area contributed by atoms with E-state index in [1.54, 1.807) is 0 Å². The second-order valence-corrected chi connectivity index (χ2v) is 5.39. The monoisotopic (exact) mass is 254 g/mol. The van der Waals surface area contributed by atoms with Gasteiger partial charge < -0.3 is 14.8 Å². The molecule has 0 unspecified atom stereocenters. The summed E-state index contributed by atoms with van der Waals surface area (Å²) < 4.78 is 4.55. The van der Waals surface area contributed by atoms with Crippen LogP contribution in [0.5, 0.6) is 0 Å². The number of ether oxygens (including phenoxy) is 1. The molecular formula is C13H22N2O3. The molecule has 18 heavy (non-hydrogen) atoms. The Bertz CT molecular complexity index is 296. The quantitative estimate of drug-likeness (QED) is 0.771. The molecule has 0 radical (unpaired) electrons. The van der Waals surface area contributed by atoms with Crippen molar-refractivity contribution in [3.8, 4) is 6.07 Å². The normalized spacial score (nSPS) is 17.7. The van der Waals surface area contributed by atoms with Gasteiger partial charge in [-0.3, -0.25) is 4.79 Å². The fourth-order valence-corrected chi connectivity index (χ4v) is 1.56. The minimum absolute atomic E-state index is 0.318. The molecule has 1 heterocycles. The lowest BCUT2D eigenvalue weighted by atomic mass is 9.78. The number of hydrogen-bond acceptors (Lipinski definition) is 5. The molecule has 1 saturated heterocycles. The Kier molecular flexibility index (Phi) is 7.21. The molecule has 0 aromatic rings. The number of rotatable bonds is 3. The molecule has 1 rings (SSSR count).